The molecule has 0 saturated carbocycles. The Kier molecular flexibility index (Phi) is 4.26. The van der Waals surface area contributed by atoms with Crippen molar-refractivity contribution in [2.45, 2.75) is 6.54 Å². The maximum atomic E-state index is 13.1. The van der Waals surface area contributed by atoms with Crippen LogP contribution in [0.15, 0.2) is 60.7 Å². The molecule has 0 fully saturated rings. The molecule has 2 heterocycles. The summed E-state index contributed by atoms with van der Waals surface area (Å²) in [6.45, 7) is 0.400. The zero-order valence-corrected chi connectivity index (χ0v) is 14.9. The Hall–Kier alpha value is -2.99. The van der Waals surface area contributed by atoms with Crippen LogP contribution in [0.4, 0.5) is 4.39 Å². The molecule has 0 atom stereocenters. The summed E-state index contributed by atoms with van der Waals surface area (Å²) in [5.41, 5.74) is 2.74. The van der Waals surface area contributed by atoms with Crippen molar-refractivity contribution >= 4 is 28.3 Å². The minimum Gasteiger partial charge on any atom is -0.340 e. The van der Waals surface area contributed by atoms with Crippen molar-refractivity contribution < 1.29 is 9.18 Å². The highest BCUT2D eigenvalue weighted by molar-refractivity contribution is 7.17. The molecule has 4 rings (SSSR count). The van der Waals surface area contributed by atoms with E-state index < -0.39 is 0 Å². The lowest BCUT2D eigenvalue weighted by Gasteiger charge is -2.14. The first-order valence-electron chi connectivity index (χ1n) is 8.15. The number of nitrogens with one attached hydrogen (secondary N) is 1. The number of para-hydroxylation sites is 2. The first-order valence-corrected chi connectivity index (χ1v) is 8.97. The zero-order chi connectivity index (χ0) is 18.1. The van der Waals surface area contributed by atoms with Crippen molar-refractivity contribution in [3.05, 3.63) is 77.2 Å². The fourth-order valence-corrected chi connectivity index (χ4v) is 3.79. The van der Waals surface area contributed by atoms with E-state index in [9.17, 15) is 9.18 Å². The molecule has 1 amide bonds. The van der Waals surface area contributed by atoms with Crippen LogP contribution in [-0.4, -0.2) is 27.8 Å². The van der Waals surface area contributed by atoms with Crippen LogP contribution in [-0.2, 0) is 6.54 Å². The lowest BCUT2D eigenvalue weighted by molar-refractivity contribution is 0.0787. The van der Waals surface area contributed by atoms with Crippen molar-refractivity contribution in [3.8, 4) is 10.4 Å². The van der Waals surface area contributed by atoms with E-state index in [4.69, 9.17) is 0 Å². The molecule has 0 spiro atoms. The number of H-pyrrole nitrogens is 1. The number of halogens is 1. The number of hydrogen-bond donors (Lipinski definition) is 1. The highest BCUT2D eigenvalue weighted by Crippen LogP contribution is 2.29. The van der Waals surface area contributed by atoms with E-state index in [2.05, 4.69) is 9.97 Å². The highest BCUT2D eigenvalue weighted by atomic mass is 32.1. The molecule has 0 radical (unpaired) electrons. The Balaban J connectivity index is 1.50. The molecule has 2 aromatic heterocycles. The number of nitrogens with zero attached hydrogens (tertiary/aromatic N) is 2. The summed E-state index contributed by atoms with van der Waals surface area (Å²) in [5, 5.41) is 0. The molecule has 0 aliphatic heterocycles. The van der Waals surface area contributed by atoms with Gasteiger partial charge < -0.3 is 9.88 Å². The molecule has 0 unspecified atom stereocenters. The molecular weight excluding hydrogens is 349 g/mol. The average Bonchev–Trinajstić information content (AvgIpc) is 3.28. The number of thiophene rings is 1. The first kappa shape index (κ1) is 16.5. The van der Waals surface area contributed by atoms with Gasteiger partial charge in [-0.3, -0.25) is 4.79 Å². The van der Waals surface area contributed by atoms with Crippen LogP contribution in [0.2, 0.25) is 0 Å². The van der Waals surface area contributed by atoms with Gasteiger partial charge >= 0.3 is 0 Å². The summed E-state index contributed by atoms with van der Waals surface area (Å²) in [6, 6.07) is 17.7. The van der Waals surface area contributed by atoms with E-state index >= 15 is 0 Å². The Labute approximate surface area is 153 Å². The molecular formula is C20H16FN3OS. The summed E-state index contributed by atoms with van der Waals surface area (Å²) in [5.74, 6) is 0.411. The minimum atomic E-state index is -0.271. The number of aromatic nitrogens is 2. The summed E-state index contributed by atoms with van der Waals surface area (Å²) in [6.07, 6.45) is 0. The predicted octanol–water partition coefficient (Wildman–Crippen LogP) is 4.70. The molecule has 26 heavy (non-hydrogen) atoms. The Morgan fingerprint density at radius 3 is 2.65 bits per heavy atom. The van der Waals surface area contributed by atoms with Crippen LogP contribution in [0.3, 0.4) is 0 Å². The van der Waals surface area contributed by atoms with Crippen LogP contribution in [0.1, 0.15) is 15.5 Å². The molecule has 4 nitrogen and oxygen atoms in total. The molecule has 0 saturated heterocycles. The van der Waals surface area contributed by atoms with Gasteiger partial charge in [-0.15, -0.1) is 11.3 Å². The first-order chi connectivity index (χ1) is 12.6. The van der Waals surface area contributed by atoms with Gasteiger partial charge in [0.2, 0.25) is 0 Å². The number of rotatable bonds is 4. The Bertz CT molecular complexity index is 1040. The van der Waals surface area contributed by atoms with Crippen LogP contribution >= 0.6 is 11.3 Å². The average molecular weight is 365 g/mol. The fraction of sp³-hybridized carbons (Fsp3) is 0.100. The topological polar surface area (TPSA) is 49.0 Å². The number of carbonyl (C=O) groups excluding carboxylic acids is 1. The summed E-state index contributed by atoms with van der Waals surface area (Å²) >= 11 is 1.40. The van der Waals surface area contributed by atoms with E-state index in [1.165, 1.54) is 23.5 Å². The van der Waals surface area contributed by atoms with Gasteiger partial charge in [0.15, 0.2) is 0 Å². The van der Waals surface area contributed by atoms with Crippen molar-refractivity contribution in [1.29, 1.82) is 0 Å². The third-order valence-electron chi connectivity index (χ3n) is 4.12. The lowest BCUT2D eigenvalue weighted by atomic mass is 10.2. The minimum absolute atomic E-state index is 0.0659. The molecule has 0 bridgehead atoms. The quantitative estimate of drug-likeness (QED) is 0.570. The van der Waals surface area contributed by atoms with Gasteiger partial charge in [-0.25, -0.2) is 9.37 Å². The normalized spacial score (nSPS) is 11.0. The van der Waals surface area contributed by atoms with E-state index in [1.807, 2.05) is 30.3 Å². The SMILES string of the molecule is CN(Cc1nc2ccccc2[nH]1)C(=O)c1ccc(-c2ccc(F)cc2)s1. The second-order valence-corrected chi connectivity index (χ2v) is 7.12. The Morgan fingerprint density at radius 1 is 1.12 bits per heavy atom. The fourth-order valence-electron chi connectivity index (χ4n) is 2.79. The maximum absolute atomic E-state index is 13.1. The van der Waals surface area contributed by atoms with Gasteiger partial charge in [0, 0.05) is 11.9 Å². The molecule has 1 N–H and O–H groups in total. The van der Waals surface area contributed by atoms with Gasteiger partial charge in [0.25, 0.3) is 5.91 Å². The highest BCUT2D eigenvalue weighted by Gasteiger charge is 2.16. The number of aromatic amines is 1. The number of carbonyl (C=O) groups is 1. The van der Waals surface area contributed by atoms with E-state index in [1.54, 1.807) is 30.1 Å². The lowest BCUT2D eigenvalue weighted by Crippen LogP contribution is -2.25. The second kappa shape index (κ2) is 6.72. The number of fused-ring (bicyclic) bond motifs is 1. The summed E-state index contributed by atoms with van der Waals surface area (Å²) in [7, 11) is 1.76. The third kappa shape index (κ3) is 3.23. The largest absolute Gasteiger partial charge is 0.340 e. The zero-order valence-electron chi connectivity index (χ0n) is 14.1. The number of imidazole rings is 1. The van der Waals surface area contributed by atoms with Crippen LogP contribution in [0.25, 0.3) is 21.5 Å². The van der Waals surface area contributed by atoms with Gasteiger partial charge in [-0.2, -0.15) is 0 Å². The monoisotopic (exact) mass is 365 g/mol. The Morgan fingerprint density at radius 2 is 1.88 bits per heavy atom. The van der Waals surface area contributed by atoms with E-state index in [0.717, 1.165) is 27.3 Å². The van der Waals surface area contributed by atoms with Crippen LogP contribution in [0.5, 0.6) is 0 Å². The van der Waals surface area contributed by atoms with Crippen molar-refractivity contribution in [1.82, 2.24) is 14.9 Å². The number of benzene rings is 2. The molecule has 130 valence electrons. The smallest absolute Gasteiger partial charge is 0.264 e. The van der Waals surface area contributed by atoms with Crippen molar-refractivity contribution in [3.63, 3.8) is 0 Å². The van der Waals surface area contributed by atoms with Gasteiger partial charge in [-0.1, -0.05) is 24.3 Å². The van der Waals surface area contributed by atoms with Crippen molar-refractivity contribution in [2.24, 2.45) is 0 Å². The summed E-state index contributed by atoms with van der Waals surface area (Å²) < 4.78 is 13.1. The van der Waals surface area contributed by atoms with Crippen LogP contribution in [0, 0.1) is 5.82 Å². The standard InChI is InChI=1S/C20H16FN3OS/c1-24(12-19-22-15-4-2-3-5-16(15)23-19)20(25)18-11-10-17(26-18)13-6-8-14(21)9-7-13/h2-11H,12H2,1H3,(H,22,23). The van der Waals surface area contributed by atoms with Crippen LogP contribution < -0.4 is 0 Å². The summed E-state index contributed by atoms with van der Waals surface area (Å²) in [4.78, 5) is 23.7. The molecule has 6 heteroatoms. The molecule has 2 aromatic carbocycles. The molecule has 4 aromatic rings. The predicted molar refractivity (Wildman–Crippen MR) is 102 cm³/mol. The van der Waals surface area contributed by atoms with Gasteiger partial charge in [-0.05, 0) is 42.0 Å². The molecule has 0 aliphatic carbocycles. The third-order valence-corrected chi connectivity index (χ3v) is 5.24. The maximum Gasteiger partial charge on any atom is 0.264 e. The number of hydrogen-bond acceptors (Lipinski definition) is 3. The van der Waals surface area contributed by atoms with E-state index in [0.29, 0.717) is 11.4 Å². The second-order valence-electron chi connectivity index (χ2n) is 6.03. The van der Waals surface area contributed by atoms with Gasteiger partial charge in [0.05, 0.1) is 22.5 Å². The van der Waals surface area contributed by atoms with Gasteiger partial charge in [0.1, 0.15) is 11.6 Å². The molecule has 0 aliphatic rings. The number of amides is 1. The van der Waals surface area contributed by atoms with E-state index in [-0.39, 0.29) is 11.7 Å². The van der Waals surface area contributed by atoms with Crippen molar-refractivity contribution in [2.75, 3.05) is 7.05 Å².